The lowest BCUT2D eigenvalue weighted by Crippen LogP contribution is -2.29. The largest absolute Gasteiger partial charge is 0.454 e. The number of esters is 1. The molecule has 0 spiro atoms. The summed E-state index contributed by atoms with van der Waals surface area (Å²) in [5.74, 6) is -2.02. The molecule has 1 aliphatic rings. The summed E-state index contributed by atoms with van der Waals surface area (Å²) in [6.07, 6.45) is 0. The van der Waals surface area contributed by atoms with Gasteiger partial charge in [0.25, 0.3) is 11.8 Å². The Morgan fingerprint density at radius 1 is 0.800 bits per heavy atom. The zero-order chi connectivity index (χ0) is 21.3. The maximum Gasteiger partial charge on any atom is 0.338 e. The molecule has 0 aromatic heterocycles. The van der Waals surface area contributed by atoms with Crippen molar-refractivity contribution in [3.8, 4) is 0 Å². The lowest BCUT2D eigenvalue weighted by Gasteiger charge is -2.14. The highest BCUT2D eigenvalue weighted by Gasteiger charge is 2.37. The summed E-state index contributed by atoms with van der Waals surface area (Å²) in [6, 6.07) is 19.7. The molecule has 0 fully saturated rings. The molecular formula is C24H17NO5. The zero-order valence-corrected chi connectivity index (χ0v) is 16.1. The van der Waals surface area contributed by atoms with Crippen molar-refractivity contribution in [2.24, 2.45) is 0 Å². The van der Waals surface area contributed by atoms with Crippen LogP contribution in [0.2, 0.25) is 0 Å². The predicted molar refractivity (Wildman–Crippen MR) is 110 cm³/mol. The van der Waals surface area contributed by atoms with Crippen molar-refractivity contribution in [1.29, 1.82) is 0 Å². The molecule has 0 bridgehead atoms. The second-order valence-electron chi connectivity index (χ2n) is 6.91. The maximum absolute atomic E-state index is 12.8. The number of benzene rings is 3. The minimum absolute atomic E-state index is 0.0989. The number of aryl methyl sites for hydroxylation is 1. The van der Waals surface area contributed by atoms with Crippen molar-refractivity contribution >= 4 is 29.3 Å². The van der Waals surface area contributed by atoms with Crippen LogP contribution in [0.5, 0.6) is 0 Å². The van der Waals surface area contributed by atoms with Crippen LogP contribution in [-0.2, 0) is 4.74 Å². The fraction of sp³-hybridized carbons (Fsp3) is 0.0833. The number of hydrogen-bond acceptors (Lipinski definition) is 5. The number of carbonyl (C=O) groups excluding carboxylic acids is 4. The number of nitrogens with zero attached hydrogens (tertiary/aromatic N) is 1. The Labute approximate surface area is 172 Å². The van der Waals surface area contributed by atoms with Crippen LogP contribution in [0.25, 0.3) is 0 Å². The molecule has 0 saturated heterocycles. The minimum atomic E-state index is -0.740. The second kappa shape index (κ2) is 7.75. The number of amides is 2. The number of Topliss-reactive ketones (excluding diaryl/α,β-unsaturated/α-hetero) is 1. The second-order valence-corrected chi connectivity index (χ2v) is 6.91. The standard InChI is InChI=1S/C24H17NO5/c1-15-6-5-9-18(12-15)25-22(27)19-11-10-17(13-20(19)23(25)28)24(29)30-14-21(26)16-7-3-2-4-8-16/h2-13H,14H2,1H3. The summed E-state index contributed by atoms with van der Waals surface area (Å²) in [6.45, 7) is 1.45. The smallest absolute Gasteiger partial charge is 0.338 e. The van der Waals surface area contributed by atoms with Crippen molar-refractivity contribution in [3.63, 3.8) is 0 Å². The van der Waals surface area contributed by atoms with E-state index < -0.39 is 24.4 Å². The first-order chi connectivity index (χ1) is 14.5. The molecule has 6 heteroatoms. The van der Waals surface area contributed by atoms with Crippen molar-refractivity contribution in [2.45, 2.75) is 6.92 Å². The fourth-order valence-electron chi connectivity index (χ4n) is 3.29. The fourth-order valence-corrected chi connectivity index (χ4v) is 3.29. The Bertz CT molecular complexity index is 1180. The van der Waals surface area contributed by atoms with Gasteiger partial charge in [0.15, 0.2) is 12.4 Å². The first kappa shape index (κ1) is 19.3. The van der Waals surface area contributed by atoms with E-state index in [4.69, 9.17) is 4.74 Å². The normalized spacial score (nSPS) is 12.6. The van der Waals surface area contributed by atoms with Crippen LogP contribution in [0.3, 0.4) is 0 Å². The third-order valence-electron chi connectivity index (χ3n) is 4.81. The Hall–Kier alpha value is -4.06. The van der Waals surface area contributed by atoms with Gasteiger partial charge in [0.1, 0.15) is 0 Å². The summed E-state index contributed by atoms with van der Waals surface area (Å²) in [5, 5.41) is 0. The molecule has 6 nitrogen and oxygen atoms in total. The highest BCUT2D eigenvalue weighted by Crippen LogP contribution is 2.29. The molecule has 0 unspecified atom stereocenters. The summed E-state index contributed by atoms with van der Waals surface area (Å²) in [7, 11) is 0. The van der Waals surface area contributed by atoms with Gasteiger partial charge >= 0.3 is 5.97 Å². The van der Waals surface area contributed by atoms with Crippen molar-refractivity contribution in [3.05, 3.63) is 101 Å². The zero-order valence-electron chi connectivity index (χ0n) is 16.1. The number of rotatable bonds is 5. The van der Waals surface area contributed by atoms with Crippen LogP contribution >= 0.6 is 0 Å². The van der Waals surface area contributed by atoms with Crippen molar-refractivity contribution < 1.29 is 23.9 Å². The third-order valence-corrected chi connectivity index (χ3v) is 4.81. The van der Waals surface area contributed by atoms with Gasteiger partial charge in [-0.15, -0.1) is 0 Å². The van der Waals surface area contributed by atoms with E-state index in [1.54, 1.807) is 48.5 Å². The van der Waals surface area contributed by atoms with Crippen LogP contribution in [0.1, 0.15) is 47.0 Å². The number of ether oxygens (including phenoxy) is 1. The summed E-state index contributed by atoms with van der Waals surface area (Å²) >= 11 is 0. The van der Waals surface area contributed by atoms with E-state index in [0.717, 1.165) is 10.5 Å². The van der Waals surface area contributed by atoms with E-state index in [-0.39, 0.29) is 22.5 Å². The van der Waals surface area contributed by atoms with E-state index in [9.17, 15) is 19.2 Å². The molecule has 0 radical (unpaired) electrons. The highest BCUT2D eigenvalue weighted by molar-refractivity contribution is 6.34. The quantitative estimate of drug-likeness (QED) is 0.370. The Kier molecular flexibility index (Phi) is 4.98. The molecule has 2 amide bonds. The molecule has 0 saturated carbocycles. The molecule has 148 valence electrons. The van der Waals surface area contributed by atoms with Gasteiger partial charge in [-0.1, -0.05) is 42.5 Å². The Morgan fingerprint density at radius 3 is 2.27 bits per heavy atom. The van der Waals surface area contributed by atoms with E-state index in [2.05, 4.69) is 0 Å². The summed E-state index contributed by atoms with van der Waals surface area (Å²) in [4.78, 5) is 51.1. The van der Waals surface area contributed by atoms with Gasteiger partial charge in [-0.2, -0.15) is 0 Å². The number of ketones is 1. The number of hydrogen-bond donors (Lipinski definition) is 0. The average molecular weight is 399 g/mol. The first-order valence-electron chi connectivity index (χ1n) is 9.30. The molecule has 3 aromatic rings. The molecule has 0 atom stereocenters. The average Bonchev–Trinajstić information content (AvgIpc) is 3.02. The number of carbonyl (C=O) groups is 4. The molecule has 1 heterocycles. The van der Waals surface area contributed by atoms with Crippen molar-refractivity contribution in [2.75, 3.05) is 11.5 Å². The molecular weight excluding hydrogens is 382 g/mol. The molecule has 0 aliphatic carbocycles. The van der Waals surface area contributed by atoms with Crippen LogP contribution in [-0.4, -0.2) is 30.2 Å². The Morgan fingerprint density at radius 2 is 1.53 bits per heavy atom. The number of anilines is 1. The lowest BCUT2D eigenvalue weighted by atomic mass is 10.1. The van der Waals surface area contributed by atoms with Crippen LogP contribution < -0.4 is 4.90 Å². The molecule has 4 rings (SSSR count). The predicted octanol–water partition coefficient (Wildman–Crippen LogP) is 3.84. The van der Waals surface area contributed by atoms with E-state index in [1.807, 2.05) is 13.0 Å². The third kappa shape index (κ3) is 3.51. The van der Waals surface area contributed by atoms with Gasteiger partial charge in [-0.3, -0.25) is 14.4 Å². The first-order valence-corrected chi connectivity index (χ1v) is 9.30. The molecule has 30 heavy (non-hydrogen) atoms. The van der Waals surface area contributed by atoms with Crippen LogP contribution in [0.4, 0.5) is 5.69 Å². The van der Waals surface area contributed by atoms with E-state index >= 15 is 0 Å². The molecule has 1 aliphatic heterocycles. The molecule has 0 N–H and O–H groups in total. The highest BCUT2D eigenvalue weighted by atomic mass is 16.5. The van der Waals surface area contributed by atoms with E-state index in [0.29, 0.717) is 11.3 Å². The van der Waals surface area contributed by atoms with Crippen LogP contribution in [0.15, 0.2) is 72.8 Å². The summed E-state index contributed by atoms with van der Waals surface area (Å²) < 4.78 is 5.10. The lowest BCUT2D eigenvalue weighted by molar-refractivity contribution is 0.0474. The van der Waals surface area contributed by atoms with Gasteiger partial charge in [0.05, 0.1) is 22.4 Å². The van der Waals surface area contributed by atoms with Gasteiger partial charge in [-0.05, 0) is 42.8 Å². The van der Waals surface area contributed by atoms with Crippen LogP contribution in [0, 0.1) is 6.92 Å². The van der Waals surface area contributed by atoms with Gasteiger partial charge in [0, 0.05) is 5.56 Å². The summed E-state index contributed by atoms with van der Waals surface area (Å²) in [5.41, 5.74) is 2.27. The van der Waals surface area contributed by atoms with Gasteiger partial charge < -0.3 is 4.74 Å². The monoisotopic (exact) mass is 399 g/mol. The number of imide groups is 1. The SMILES string of the molecule is Cc1cccc(N2C(=O)c3ccc(C(=O)OCC(=O)c4ccccc4)cc3C2=O)c1. The van der Waals surface area contributed by atoms with Crippen molar-refractivity contribution in [1.82, 2.24) is 0 Å². The topological polar surface area (TPSA) is 80.8 Å². The Balaban J connectivity index is 1.52. The van der Waals surface area contributed by atoms with Gasteiger partial charge in [-0.25, -0.2) is 9.69 Å². The number of fused-ring (bicyclic) bond motifs is 1. The minimum Gasteiger partial charge on any atom is -0.454 e. The molecule has 3 aromatic carbocycles. The maximum atomic E-state index is 12.8. The van der Waals surface area contributed by atoms with Gasteiger partial charge in [0.2, 0.25) is 0 Å². The van der Waals surface area contributed by atoms with E-state index in [1.165, 1.54) is 18.2 Å².